The lowest BCUT2D eigenvalue weighted by Crippen LogP contribution is -2.46. The van der Waals surface area contributed by atoms with Gasteiger partial charge in [-0.25, -0.2) is 0 Å². The van der Waals surface area contributed by atoms with Gasteiger partial charge in [-0.1, -0.05) is 13.8 Å². The predicted octanol–water partition coefficient (Wildman–Crippen LogP) is 0.730. The second kappa shape index (κ2) is 8.14. The van der Waals surface area contributed by atoms with Gasteiger partial charge in [-0.05, 0) is 32.0 Å². The smallest absolute Gasteiger partial charge is 0.271 e. The van der Waals surface area contributed by atoms with E-state index in [1.54, 1.807) is 0 Å². The lowest BCUT2D eigenvalue weighted by atomic mass is 10.2. The molecule has 2 N–H and O–H groups in total. The summed E-state index contributed by atoms with van der Waals surface area (Å²) >= 11 is 0. The quantitative estimate of drug-likeness (QED) is 0.728. The van der Waals surface area contributed by atoms with Gasteiger partial charge in [0.25, 0.3) is 5.91 Å². The molecule has 1 amide bonds. The van der Waals surface area contributed by atoms with E-state index in [0.29, 0.717) is 12.2 Å². The predicted molar refractivity (Wildman–Crippen MR) is 83.5 cm³/mol. The summed E-state index contributed by atoms with van der Waals surface area (Å²) in [5, 5.41) is 9.82. The van der Waals surface area contributed by atoms with E-state index in [9.17, 15) is 4.79 Å². The maximum atomic E-state index is 11.9. The fourth-order valence-corrected chi connectivity index (χ4v) is 2.58. The van der Waals surface area contributed by atoms with Crippen molar-refractivity contribution >= 4 is 5.91 Å². The minimum absolute atomic E-state index is 0.0817. The van der Waals surface area contributed by atoms with Crippen LogP contribution in [-0.2, 0) is 6.42 Å². The van der Waals surface area contributed by atoms with Crippen LogP contribution in [0.3, 0.4) is 0 Å². The number of rotatable bonds is 7. The molecule has 6 nitrogen and oxygen atoms in total. The normalized spacial score (nSPS) is 17.0. The third-order valence-corrected chi connectivity index (χ3v) is 4.09. The number of carbonyl (C=O) groups is 1. The van der Waals surface area contributed by atoms with E-state index in [1.807, 2.05) is 13.0 Å². The number of aryl methyl sites for hydroxylation is 1. The first-order valence-electron chi connectivity index (χ1n) is 8.00. The van der Waals surface area contributed by atoms with Crippen LogP contribution < -0.4 is 5.32 Å². The summed E-state index contributed by atoms with van der Waals surface area (Å²) in [6.07, 6.45) is 1.85. The Morgan fingerprint density at radius 2 is 2.00 bits per heavy atom. The van der Waals surface area contributed by atoms with Crippen LogP contribution in [-0.4, -0.2) is 71.7 Å². The average Bonchev–Trinajstić information content (AvgIpc) is 3.01. The van der Waals surface area contributed by atoms with E-state index < -0.39 is 0 Å². The van der Waals surface area contributed by atoms with E-state index in [-0.39, 0.29) is 5.91 Å². The number of hydrogen-bond acceptors (Lipinski definition) is 4. The summed E-state index contributed by atoms with van der Waals surface area (Å²) < 4.78 is 0. The molecule has 1 aliphatic rings. The van der Waals surface area contributed by atoms with Crippen molar-refractivity contribution in [2.24, 2.45) is 0 Å². The maximum absolute atomic E-state index is 11.9. The second-order valence-corrected chi connectivity index (χ2v) is 5.52. The van der Waals surface area contributed by atoms with Gasteiger partial charge < -0.3 is 15.1 Å². The molecule has 1 fully saturated rings. The third kappa shape index (κ3) is 4.82. The number of carbonyl (C=O) groups excluding carboxylic acids is 1. The number of hydrogen-bond donors (Lipinski definition) is 2. The topological polar surface area (TPSA) is 64.3 Å². The van der Waals surface area contributed by atoms with Gasteiger partial charge >= 0.3 is 0 Å². The van der Waals surface area contributed by atoms with Gasteiger partial charge in [0.2, 0.25) is 0 Å². The standard InChI is InChI=1S/C15H27N5O/c1-3-13-12-14(18-17-13)15(21)16-6-5-7-20-10-8-19(4-2)9-11-20/h12H,3-11H2,1-2H3,(H,16,21)(H,17,18). The number of nitrogens with one attached hydrogen (secondary N) is 2. The molecule has 2 rings (SSSR count). The number of aromatic amines is 1. The van der Waals surface area contributed by atoms with Gasteiger partial charge in [0.1, 0.15) is 5.69 Å². The molecule has 1 aliphatic heterocycles. The van der Waals surface area contributed by atoms with E-state index in [1.165, 1.54) is 0 Å². The first-order valence-corrected chi connectivity index (χ1v) is 8.00. The van der Waals surface area contributed by atoms with E-state index in [2.05, 4.69) is 32.2 Å². The van der Waals surface area contributed by atoms with Crippen LogP contribution in [0, 0.1) is 0 Å². The van der Waals surface area contributed by atoms with Crippen LogP contribution in [0.25, 0.3) is 0 Å². The summed E-state index contributed by atoms with van der Waals surface area (Å²) in [5.41, 5.74) is 1.48. The summed E-state index contributed by atoms with van der Waals surface area (Å²) in [7, 11) is 0. The largest absolute Gasteiger partial charge is 0.351 e. The molecule has 0 spiro atoms. The van der Waals surface area contributed by atoms with Crippen molar-refractivity contribution in [2.45, 2.75) is 26.7 Å². The van der Waals surface area contributed by atoms with Crippen molar-refractivity contribution in [1.29, 1.82) is 0 Å². The first-order chi connectivity index (χ1) is 10.2. The molecule has 1 aromatic rings. The summed E-state index contributed by atoms with van der Waals surface area (Å²) in [5.74, 6) is -0.0817. The van der Waals surface area contributed by atoms with Crippen LogP contribution in [0.2, 0.25) is 0 Å². The van der Waals surface area contributed by atoms with Crippen LogP contribution in [0.4, 0.5) is 0 Å². The molecular weight excluding hydrogens is 266 g/mol. The molecular formula is C15H27N5O. The Morgan fingerprint density at radius 3 is 2.62 bits per heavy atom. The molecule has 2 heterocycles. The monoisotopic (exact) mass is 293 g/mol. The zero-order chi connectivity index (χ0) is 15.1. The van der Waals surface area contributed by atoms with Gasteiger partial charge in [0.05, 0.1) is 0 Å². The highest BCUT2D eigenvalue weighted by Crippen LogP contribution is 2.02. The molecule has 21 heavy (non-hydrogen) atoms. The molecule has 0 bridgehead atoms. The molecule has 0 atom stereocenters. The lowest BCUT2D eigenvalue weighted by Gasteiger charge is -2.33. The van der Waals surface area contributed by atoms with Gasteiger partial charge in [-0.15, -0.1) is 0 Å². The van der Waals surface area contributed by atoms with Crippen LogP contribution in [0.5, 0.6) is 0 Å². The van der Waals surface area contributed by atoms with Crippen molar-refractivity contribution in [2.75, 3.05) is 45.8 Å². The third-order valence-electron chi connectivity index (χ3n) is 4.09. The number of aromatic nitrogens is 2. The number of piperazine rings is 1. The van der Waals surface area contributed by atoms with Gasteiger partial charge in [-0.2, -0.15) is 5.10 Å². The SMILES string of the molecule is CCc1cc(C(=O)NCCCN2CCN(CC)CC2)n[nH]1. The molecule has 1 saturated heterocycles. The fourth-order valence-electron chi connectivity index (χ4n) is 2.58. The van der Waals surface area contributed by atoms with Crippen LogP contribution in [0.15, 0.2) is 6.07 Å². The zero-order valence-corrected chi connectivity index (χ0v) is 13.2. The highest BCUT2D eigenvalue weighted by Gasteiger charge is 2.15. The number of nitrogens with zero attached hydrogens (tertiary/aromatic N) is 3. The highest BCUT2D eigenvalue weighted by molar-refractivity contribution is 5.92. The molecule has 0 aromatic carbocycles. The van der Waals surface area contributed by atoms with Gasteiger partial charge in [0, 0.05) is 38.4 Å². The molecule has 0 aliphatic carbocycles. The molecule has 0 radical (unpaired) electrons. The molecule has 0 unspecified atom stereocenters. The van der Waals surface area contributed by atoms with Crippen LogP contribution in [0.1, 0.15) is 36.5 Å². The molecule has 1 aromatic heterocycles. The van der Waals surface area contributed by atoms with Crippen molar-refractivity contribution in [3.63, 3.8) is 0 Å². The lowest BCUT2D eigenvalue weighted by molar-refractivity contribution is 0.0943. The molecule has 118 valence electrons. The Balaban J connectivity index is 1.60. The highest BCUT2D eigenvalue weighted by atomic mass is 16.1. The van der Waals surface area contributed by atoms with Gasteiger partial charge in [-0.3, -0.25) is 9.89 Å². The minimum atomic E-state index is -0.0817. The van der Waals surface area contributed by atoms with Crippen molar-refractivity contribution in [1.82, 2.24) is 25.3 Å². The Hall–Kier alpha value is -1.40. The van der Waals surface area contributed by atoms with Crippen molar-refractivity contribution in [3.8, 4) is 0 Å². The van der Waals surface area contributed by atoms with Crippen molar-refractivity contribution < 1.29 is 4.79 Å². The second-order valence-electron chi connectivity index (χ2n) is 5.52. The molecule has 6 heteroatoms. The minimum Gasteiger partial charge on any atom is -0.351 e. The fraction of sp³-hybridized carbons (Fsp3) is 0.733. The Labute approximate surface area is 126 Å². The Morgan fingerprint density at radius 1 is 1.29 bits per heavy atom. The number of H-pyrrole nitrogens is 1. The number of likely N-dealkylation sites (N-methyl/N-ethyl adjacent to an activating group) is 1. The summed E-state index contributed by atoms with van der Waals surface area (Å²) in [6, 6.07) is 1.82. The Kier molecular flexibility index (Phi) is 6.20. The average molecular weight is 293 g/mol. The van der Waals surface area contributed by atoms with Crippen molar-refractivity contribution in [3.05, 3.63) is 17.5 Å². The van der Waals surface area contributed by atoms with Gasteiger partial charge in [0.15, 0.2) is 0 Å². The first kappa shape index (κ1) is 16.0. The van der Waals surface area contributed by atoms with E-state index >= 15 is 0 Å². The molecule has 0 saturated carbocycles. The van der Waals surface area contributed by atoms with E-state index in [0.717, 1.165) is 57.8 Å². The summed E-state index contributed by atoms with van der Waals surface area (Å²) in [6.45, 7) is 11.8. The van der Waals surface area contributed by atoms with Crippen LogP contribution >= 0.6 is 0 Å². The summed E-state index contributed by atoms with van der Waals surface area (Å²) in [4.78, 5) is 16.8. The number of amides is 1. The zero-order valence-electron chi connectivity index (χ0n) is 13.2. The maximum Gasteiger partial charge on any atom is 0.271 e. The Bertz CT molecular complexity index is 437. The van der Waals surface area contributed by atoms with E-state index in [4.69, 9.17) is 0 Å².